The highest BCUT2D eigenvalue weighted by Crippen LogP contribution is 2.38. The van der Waals surface area contributed by atoms with E-state index in [-0.39, 0.29) is 38.5 Å². The van der Waals surface area contributed by atoms with Crippen molar-refractivity contribution in [2.45, 2.75) is 10.4 Å². The van der Waals surface area contributed by atoms with Crippen LogP contribution in [0.3, 0.4) is 0 Å². The molecule has 0 atom stereocenters. The van der Waals surface area contributed by atoms with Crippen molar-refractivity contribution in [2.24, 2.45) is 5.73 Å². The molecule has 0 spiro atoms. The second kappa shape index (κ2) is 7.14. The largest absolute Gasteiger partial charge is 0.446 e. The molecule has 0 unspecified atom stereocenters. The van der Waals surface area contributed by atoms with Crippen molar-refractivity contribution >= 4 is 40.9 Å². The number of rotatable bonds is 4. The molecular formula is C15H10ClF3N2O2S. The van der Waals surface area contributed by atoms with Crippen molar-refractivity contribution < 1.29 is 22.8 Å². The van der Waals surface area contributed by atoms with Gasteiger partial charge in [-0.15, -0.1) is 0 Å². The van der Waals surface area contributed by atoms with Crippen LogP contribution in [0.25, 0.3) is 0 Å². The number of primary amides is 1. The average molecular weight is 375 g/mol. The monoisotopic (exact) mass is 374 g/mol. The highest BCUT2D eigenvalue weighted by molar-refractivity contribution is 8.00. The summed E-state index contributed by atoms with van der Waals surface area (Å²) >= 11 is 5.42. The number of halogens is 4. The van der Waals surface area contributed by atoms with Gasteiger partial charge in [0.25, 0.3) is 5.91 Å². The molecule has 0 aliphatic heterocycles. The fraction of sp³-hybridized carbons (Fsp3) is 0.0667. The standard InChI is InChI=1S/C15H10ClF3N2O2S/c16-11-6-5-8(7-10(11)13(20)22)21-14(23)9-3-1-2-4-12(9)24-15(17,18)19/h1-7H,(H2,20,22)(H,21,23). The number of hydrogen-bond acceptors (Lipinski definition) is 3. The zero-order chi connectivity index (χ0) is 17.9. The fourth-order valence-electron chi connectivity index (χ4n) is 1.86. The summed E-state index contributed by atoms with van der Waals surface area (Å²) in [6, 6.07) is 9.34. The number of nitrogens with one attached hydrogen (secondary N) is 1. The molecule has 0 bridgehead atoms. The molecule has 0 aromatic heterocycles. The number of alkyl halides is 3. The van der Waals surface area contributed by atoms with Gasteiger partial charge in [0.15, 0.2) is 0 Å². The first kappa shape index (κ1) is 18.2. The lowest BCUT2D eigenvalue weighted by atomic mass is 10.1. The van der Waals surface area contributed by atoms with E-state index in [1.807, 2.05) is 0 Å². The smallest absolute Gasteiger partial charge is 0.366 e. The zero-order valence-corrected chi connectivity index (χ0v) is 13.4. The Kier molecular flexibility index (Phi) is 5.40. The normalized spacial score (nSPS) is 11.2. The Morgan fingerprint density at radius 1 is 1.08 bits per heavy atom. The Morgan fingerprint density at radius 3 is 2.38 bits per heavy atom. The van der Waals surface area contributed by atoms with E-state index < -0.39 is 17.3 Å². The zero-order valence-electron chi connectivity index (χ0n) is 11.9. The summed E-state index contributed by atoms with van der Waals surface area (Å²) in [6.45, 7) is 0. The molecule has 0 aliphatic rings. The molecule has 0 fully saturated rings. The van der Waals surface area contributed by atoms with Crippen LogP contribution in [0.15, 0.2) is 47.4 Å². The lowest BCUT2D eigenvalue weighted by Gasteiger charge is -2.12. The Balaban J connectivity index is 2.28. The summed E-state index contributed by atoms with van der Waals surface area (Å²) in [5.74, 6) is -1.54. The van der Waals surface area contributed by atoms with Gasteiger partial charge in [0.1, 0.15) is 0 Å². The molecule has 0 aliphatic carbocycles. The number of benzene rings is 2. The van der Waals surface area contributed by atoms with E-state index in [2.05, 4.69) is 5.32 Å². The summed E-state index contributed by atoms with van der Waals surface area (Å²) in [4.78, 5) is 23.3. The minimum atomic E-state index is -4.52. The molecule has 2 aromatic carbocycles. The van der Waals surface area contributed by atoms with Crippen LogP contribution in [-0.2, 0) is 0 Å². The number of hydrogen-bond donors (Lipinski definition) is 2. The minimum Gasteiger partial charge on any atom is -0.366 e. The molecule has 2 rings (SSSR count). The van der Waals surface area contributed by atoms with Crippen molar-refractivity contribution in [3.8, 4) is 0 Å². The number of amides is 2. The Hall–Kier alpha value is -2.19. The number of thioether (sulfide) groups is 1. The third-order valence-electron chi connectivity index (χ3n) is 2.85. The number of nitrogens with two attached hydrogens (primary N) is 1. The van der Waals surface area contributed by atoms with Crippen LogP contribution in [0.1, 0.15) is 20.7 Å². The molecular weight excluding hydrogens is 365 g/mol. The summed E-state index contributed by atoms with van der Waals surface area (Å²) in [7, 11) is 0. The minimum absolute atomic E-state index is 0.00702. The molecule has 0 saturated carbocycles. The van der Waals surface area contributed by atoms with Crippen molar-refractivity contribution in [3.05, 3.63) is 58.6 Å². The summed E-state index contributed by atoms with van der Waals surface area (Å²) < 4.78 is 37.7. The number of carbonyl (C=O) groups is 2. The van der Waals surface area contributed by atoms with E-state index in [1.165, 1.54) is 42.5 Å². The molecule has 0 radical (unpaired) electrons. The number of anilines is 1. The Labute approximate surface area is 144 Å². The fourth-order valence-corrected chi connectivity index (χ4v) is 2.74. The third-order valence-corrected chi connectivity index (χ3v) is 3.98. The van der Waals surface area contributed by atoms with E-state index >= 15 is 0 Å². The highest BCUT2D eigenvalue weighted by Gasteiger charge is 2.31. The van der Waals surface area contributed by atoms with Gasteiger partial charge in [-0.3, -0.25) is 9.59 Å². The molecule has 9 heteroatoms. The molecule has 0 heterocycles. The van der Waals surface area contributed by atoms with Crippen LogP contribution < -0.4 is 11.1 Å². The van der Waals surface area contributed by atoms with Gasteiger partial charge in [0, 0.05) is 10.6 Å². The molecule has 3 N–H and O–H groups in total. The van der Waals surface area contributed by atoms with Crippen molar-refractivity contribution in [3.63, 3.8) is 0 Å². The second-order valence-corrected chi connectivity index (χ2v) is 6.07. The van der Waals surface area contributed by atoms with Gasteiger partial charge in [-0.2, -0.15) is 13.2 Å². The second-order valence-electron chi connectivity index (χ2n) is 4.56. The van der Waals surface area contributed by atoms with E-state index in [4.69, 9.17) is 17.3 Å². The molecule has 4 nitrogen and oxygen atoms in total. The van der Waals surface area contributed by atoms with Crippen LogP contribution in [0.2, 0.25) is 5.02 Å². The highest BCUT2D eigenvalue weighted by atomic mass is 35.5. The van der Waals surface area contributed by atoms with Crippen LogP contribution >= 0.6 is 23.4 Å². The first-order chi connectivity index (χ1) is 11.2. The summed E-state index contributed by atoms with van der Waals surface area (Å²) in [5.41, 5.74) is 0.671. The number of carbonyl (C=O) groups excluding carboxylic acids is 2. The van der Waals surface area contributed by atoms with E-state index in [0.717, 1.165) is 0 Å². The predicted molar refractivity (Wildman–Crippen MR) is 86.3 cm³/mol. The van der Waals surface area contributed by atoms with Gasteiger partial charge >= 0.3 is 5.51 Å². The maximum absolute atomic E-state index is 12.6. The lowest BCUT2D eigenvalue weighted by molar-refractivity contribution is -0.0328. The quantitative estimate of drug-likeness (QED) is 0.783. The van der Waals surface area contributed by atoms with E-state index in [0.29, 0.717) is 0 Å². The van der Waals surface area contributed by atoms with Crippen LogP contribution in [0.5, 0.6) is 0 Å². The molecule has 2 amide bonds. The Morgan fingerprint density at radius 2 is 1.75 bits per heavy atom. The van der Waals surface area contributed by atoms with Gasteiger partial charge in [0.05, 0.1) is 16.1 Å². The molecule has 24 heavy (non-hydrogen) atoms. The van der Waals surface area contributed by atoms with E-state index in [9.17, 15) is 22.8 Å². The van der Waals surface area contributed by atoms with Gasteiger partial charge in [-0.1, -0.05) is 23.7 Å². The van der Waals surface area contributed by atoms with Crippen molar-refractivity contribution in [2.75, 3.05) is 5.32 Å². The van der Waals surface area contributed by atoms with Crippen LogP contribution in [-0.4, -0.2) is 17.3 Å². The van der Waals surface area contributed by atoms with E-state index in [1.54, 1.807) is 0 Å². The molecule has 126 valence electrons. The lowest BCUT2D eigenvalue weighted by Crippen LogP contribution is -2.16. The summed E-state index contributed by atoms with van der Waals surface area (Å²) in [6.07, 6.45) is 0. The van der Waals surface area contributed by atoms with Gasteiger partial charge in [-0.25, -0.2) is 0 Å². The van der Waals surface area contributed by atoms with Crippen LogP contribution in [0, 0.1) is 0 Å². The van der Waals surface area contributed by atoms with Crippen LogP contribution in [0.4, 0.5) is 18.9 Å². The van der Waals surface area contributed by atoms with Crippen molar-refractivity contribution in [1.82, 2.24) is 0 Å². The van der Waals surface area contributed by atoms with Gasteiger partial charge in [0.2, 0.25) is 5.91 Å². The topological polar surface area (TPSA) is 72.2 Å². The van der Waals surface area contributed by atoms with Crippen molar-refractivity contribution in [1.29, 1.82) is 0 Å². The molecule has 2 aromatic rings. The Bertz CT molecular complexity index is 797. The van der Waals surface area contributed by atoms with Gasteiger partial charge in [-0.05, 0) is 42.1 Å². The first-order valence-corrected chi connectivity index (χ1v) is 7.62. The first-order valence-electron chi connectivity index (χ1n) is 6.43. The molecule has 0 saturated heterocycles. The maximum Gasteiger partial charge on any atom is 0.446 e. The third kappa shape index (κ3) is 4.65. The maximum atomic E-state index is 12.6. The summed E-state index contributed by atoms with van der Waals surface area (Å²) in [5, 5.41) is 2.53. The van der Waals surface area contributed by atoms with Gasteiger partial charge < -0.3 is 11.1 Å². The average Bonchev–Trinajstić information content (AvgIpc) is 2.47. The SMILES string of the molecule is NC(=O)c1cc(NC(=O)c2ccccc2SC(F)(F)F)ccc1Cl. The predicted octanol–water partition coefficient (Wildman–Crippen LogP) is 4.30.